The summed E-state index contributed by atoms with van der Waals surface area (Å²) in [6, 6.07) is -0.879. The summed E-state index contributed by atoms with van der Waals surface area (Å²) in [5.41, 5.74) is 0. The number of hydrogen-bond donors (Lipinski definition) is 7. The fraction of sp³-hybridized carbons (Fsp3) is 1.00. The van der Waals surface area contributed by atoms with Crippen LogP contribution in [0.15, 0.2) is 0 Å². The molecule has 0 bridgehead atoms. The van der Waals surface area contributed by atoms with Gasteiger partial charge < -0.3 is 35.7 Å². The van der Waals surface area contributed by atoms with Gasteiger partial charge in [-0.2, -0.15) is 0 Å². The minimum Gasteiger partial charge on any atom is -0.396 e. The molecular formula is C17H35NO7. The molecule has 0 amide bonds. The van der Waals surface area contributed by atoms with E-state index < -0.39 is 43.2 Å². The monoisotopic (exact) mass is 365 g/mol. The molecule has 1 rings (SSSR count). The van der Waals surface area contributed by atoms with Gasteiger partial charge in [-0.15, -0.1) is 0 Å². The quantitative estimate of drug-likeness (QED) is 0.189. The molecule has 1 fully saturated rings. The normalized spacial score (nSPS) is 28.2. The molecule has 25 heavy (non-hydrogen) atoms. The second-order valence-corrected chi connectivity index (χ2v) is 6.97. The van der Waals surface area contributed by atoms with E-state index >= 15 is 0 Å². The van der Waals surface area contributed by atoms with Crippen molar-refractivity contribution in [3.63, 3.8) is 0 Å². The maximum Gasteiger partial charge on any atom is 0.110 e. The van der Waals surface area contributed by atoms with Crippen LogP contribution in [-0.4, -0.2) is 104 Å². The Kier molecular flexibility index (Phi) is 11.0. The zero-order chi connectivity index (χ0) is 18.8. The van der Waals surface area contributed by atoms with E-state index in [9.17, 15) is 25.5 Å². The molecule has 0 aromatic heterocycles. The topological polar surface area (TPSA) is 145 Å². The lowest BCUT2D eigenvalue weighted by Gasteiger charge is -2.33. The first-order valence-corrected chi connectivity index (χ1v) is 9.30. The molecule has 0 spiro atoms. The minimum absolute atomic E-state index is 0.196. The number of hydrogen-bond acceptors (Lipinski definition) is 8. The molecule has 1 aliphatic rings. The molecule has 1 unspecified atom stereocenters. The molecule has 0 aliphatic carbocycles. The van der Waals surface area contributed by atoms with Crippen molar-refractivity contribution in [2.45, 2.75) is 81.5 Å². The van der Waals surface area contributed by atoms with E-state index in [-0.39, 0.29) is 13.2 Å². The number of rotatable bonds is 13. The van der Waals surface area contributed by atoms with Gasteiger partial charge in [0, 0.05) is 13.2 Å². The summed E-state index contributed by atoms with van der Waals surface area (Å²) in [6.07, 6.45) is 0.137. The van der Waals surface area contributed by atoms with Crippen LogP contribution in [0, 0.1) is 0 Å². The Morgan fingerprint density at radius 1 is 0.840 bits per heavy atom. The van der Waals surface area contributed by atoms with E-state index in [1.54, 1.807) is 4.90 Å². The minimum atomic E-state index is -1.59. The van der Waals surface area contributed by atoms with Crippen molar-refractivity contribution in [3.8, 4) is 0 Å². The lowest BCUT2D eigenvalue weighted by atomic mass is 9.96. The van der Waals surface area contributed by atoms with Crippen molar-refractivity contribution in [1.29, 1.82) is 0 Å². The van der Waals surface area contributed by atoms with E-state index in [0.717, 1.165) is 44.9 Å². The summed E-state index contributed by atoms with van der Waals surface area (Å²) in [5.74, 6) is 0. The molecule has 8 nitrogen and oxygen atoms in total. The van der Waals surface area contributed by atoms with Gasteiger partial charge in [0.25, 0.3) is 0 Å². The number of nitrogens with zero attached hydrogens (tertiary/aromatic N) is 1. The van der Waals surface area contributed by atoms with Gasteiger partial charge in [-0.1, -0.05) is 32.1 Å². The van der Waals surface area contributed by atoms with Crippen LogP contribution in [0.4, 0.5) is 0 Å². The smallest absolute Gasteiger partial charge is 0.110 e. The molecule has 8 heteroatoms. The largest absolute Gasteiger partial charge is 0.396 e. The summed E-state index contributed by atoms with van der Waals surface area (Å²) in [5, 5.41) is 67.2. The van der Waals surface area contributed by atoms with Crippen LogP contribution in [0.3, 0.4) is 0 Å². The number of unbranched alkanes of at least 4 members (excludes halogenated alkanes) is 6. The average Bonchev–Trinajstić information content (AvgIpc) is 2.89. The maximum absolute atomic E-state index is 10.2. The van der Waals surface area contributed by atoms with Crippen molar-refractivity contribution in [2.75, 3.05) is 26.3 Å². The Hall–Kier alpha value is -0.320. The number of aliphatic hydroxyl groups excluding tert-OH is 7. The Labute approximate surface area is 149 Å². The Balaban J connectivity index is 2.40. The number of aliphatic hydroxyl groups is 7. The Morgan fingerprint density at radius 2 is 1.40 bits per heavy atom. The third-order valence-corrected chi connectivity index (χ3v) is 4.97. The van der Waals surface area contributed by atoms with Crippen molar-refractivity contribution in [2.24, 2.45) is 0 Å². The highest BCUT2D eigenvalue weighted by atomic mass is 16.4. The van der Waals surface area contributed by atoms with E-state index in [2.05, 4.69) is 0 Å². The van der Waals surface area contributed by atoms with Crippen LogP contribution in [0.25, 0.3) is 0 Å². The molecule has 1 saturated heterocycles. The summed E-state index contributed by atoms with van der Waals surface area (Å²) in [7, 11) is 0. The summed E-state index contributed by atoms with van der Waals surface area (Å²) in [6.45, 7) is 0.301. The molecule has 0 saturated carbocycles. The van der Waals surface area contributed by atoms with Crippen molar-refractivity contribution < 1.29 is 35.7 Å². The zero-order valence-corrected chi connectivity index (χ0v) is 14.8. The van der Waals surface area contributed by atoms with Gasteiger partial charge in [0.05, 0.1) is 24.9 Å². The van der Waals surface area contributed by atoms with Gasteiger partial charge in [-0.05, 0) is 19.4 Å². The van der Waals surface area contributed by atoms with Crippen molar-refractivity contribution >= 4 is 0 Å². The van der Waals surface area contributed by atoms with Crippen LogP contribution in [0.1, 0.15) is 44.9 Å². The molecule has 1 heterocycles. The first-order valence-electron chi connectivity index (χ1n) is 9.30. The molecule has 0 radical (unpaired) electrons. The van der Waals surface area contributed by atoms with Gasteiger partial charge in [-0.25, -0.2) is 0 Å². The second-order valence-electron chi connectivity index (χ2n) is 6.97. The van der Waals surface area contributed by atoms with Crippen LogP contribution in [0.5, 0.6) is 0 Å². The van der Waals surface area contributed by atoms with E-state index in [1.807, 2.05) is 0 Å². The molecular weight excluding hydrogens is 330 g/mol. The predicted octanol–water partition coefficient (Wildman–Crippen LogP) is -1.81. The number of likely N-dealkylation sites (tertiary alicyclic amines) is 1. The first-order chi connectivity index (χ1) is 11.9. The maximum atomic E-state index is 10.2. The van der Waals surface area contributed by atoms with Gasteiger partial charge in [0.1, 0.15) is 18.3 Å². The van der Waals surface area contributed by atoms with Gasteiger partial charge in [0.15, 0.2) is 0 Å². The molecule has 7 N–H and O–H groups in total. The highest BCUT2D eigenvalue weighted by molar-refractivity contribution is 5.00. The lowest BCUT2D eigenvalue weighted by molar-refractivity contribution is -0.114. The highest BCUT2D eigenvalue weighted by Crippen LogP contribution is 2.25. The standard InChI is InChI=1S/C17H35NO7/c19-9-7-5-3-1-2-4-6-8-18-10-12(21)15(23)14(18)17(25)16(24)13(22)11-20/h12-17,19-25H,1-11H2/t12-,13-,14?,15+,16-,17-/m1/s1. The summed E-state index contributed by atoms with van der Waals surface area (Å²) < 4.78 is 0. The molecule has 0 aromatic rings. The van der Waals surface area contributed by atoms with Crippen LogP contribution < -0.4 is 0 Å². The van der Waals surface area contributed by atoms with Crippen molar-refractivity contribution in [1.82, 2.24) is 4.90 Å². The van der Waals surface area contributed by atoms with Gasteiger partial charge in [0.2, 0.25) is 0 Å². The molecule has 6 atom stereocenters. The summed E-state index contributed by atoms with van der Waals surface area (Å²) in [4.78, 5) is 1.74. The van der Waals surface area contributed by atoms with Crippen molar-refractivity contribution in [3.05, 3.63) is 0 Å². The number of β-amino-alcohol motifs (C(OH)–C–C–N with tert-alkyl or cyclic N) is 1. The third-order valence-electron chi connectivity index (χ3n) is 4.97. The Morgan fingerprint density at radius 3 is 1.96 bits per heavy atom. The van der Waals surface area contributed by atoms with Gasteiger partial charge >= 0.3 is 0 Å². The third kappa shape index (κ3) is 7.07. The fourth-order valence-electron chi connectivity index (χ4n) is 3.42. The fourth-order valence-corrected chi connectivity index (χ4v) is 3.42. The van der Waals surface area contributed by atoms with E-state index in [0.29, 0.717) is 6.54 Å². The predicted molar refractivity (Wildman–Crippen MR) is 91.9 cm³/mol. The van der Waals surface area contributed by atoms with Crippen LogP contribution >= 0.6 is 0 Å². The second kappa shape index (κ2) is 12.1. The van der Waals surface area contributed by atoms with E-state index in [4.69, 9.17) is 10.2 Å². The zero-order valence-electron chi connectivity index (χ0n) is 14.8. The summed E-state index contributed by atoms with van der Waals surface area (Å²) >= 11 is 0. The average molecular weight is 365 g/mol. The highest BCUT2D eigenvalue weighted by Gasteiger charge is 2.46. The van der Waals surface area contributed by atoms with E-state index in [1.165, 1.54) is 0 Å². The molecule has 150 valence electrons. The first kappa shape index (κ1) is 22.7. The van der Waals surface area contributed by atoms with Gasteiger partial charge in [-0.3, -0.25) is 4.90 Å². The van der Waals surface area contributed by atoms with Crippen LogP contribution in [0.2, 0.25) is 0 Å². The lowest BCUT2D eigenvalue weighted by Crippen LogP contribution is -2.54. The molecule has 1 aliphatic heterocycles. The SMILES string of the molecule is OCCCCCCCCCN1C[C@@H](O)[C@H](O)C1[C@@H](O)[C@H](O)[C@H](O)CO. The molecule has 0 aromatic carbocycles. The Bertz CT molecular complexity index is 347. The van der Waals surface area contributed by atoms with Crippen LogP contribution in [-0.2, 0) is 0 Å².